The van der Waals surface area contributed by atoms with Gasteiger partial charge in [0.1, 0.15) is 6.54 Å². The average Bonchev–Trinajstić information content (AvgIpc) is 3.12. The number of hydrogen-bond donors (Lipinski definition) is 2. The lowest BCUT2D eigenvalue weighted by atomic mass is 9.92. The Kier molecular flexibility index (Phi) is 4.26. The van der Waals surface area contributed by atoms with Crippen LogP contribution in [0.15, 0.2) is 16.8 Å². The molecule has 2 atom stereocenters. The van der Waals surface area contributed by atoms with Crippen molar-refractivity contribution in [3.05, 3.63) is 16.8 Å². The molecule has 0 aromatic carbocycles. The maximum Gasteiger partial charge on any atom is 0.243 e. The fourth-order valence-electron chi connectivity index (χ4n) is 2.48. The van der Waals surface area contributed by atoms with E-state index in [1.807, 2.05) is 16.8 Å². The second kappa shape index (κ2) is 6.31. The normalized spacial score (nSPS) is 22.1. The van der Waals surface area contributed by atoms with Crippen molar-refractivity contribution in [3.63, 3.8) is 0 Å². The Labute approximate surface area is 126 Å². The van der Waals surface area contributed by atoms with Crippen molar-refractivity contribution < 1.29 is 9.90 Å². The predicted molar refractivity (Wildman–Crippen MR) is 77.5 cm³/mol. The minimum atomic E-state index is -0.451. The SMILES string of the molecule is O=C(Cn1nnc(-c2ccsc2)n1)N[C@H]1CCCC[C@@H]1O. The molecular weight excluding hydrogens is 290 g/mol. The number of carbonyl (C=O) groups excluding carboxylic acids is 1. The molecule has 1 saturated carbocycles. The fraction of sp³-hybridized carbons (Fsp3) is 0.538. The van der Waals surface area contributed by atoms with Gasteiger partial charge in [-0.3, -0.25) is 4.79 Å². The summed E-state index contributed by atoms with van der Waals surface area (Å²) in [7, 11) is 0. The zero-order valence-corrected chi connectivity index (χ0v) is 12.3. The number of rotatable bonds is 4. The highest BCUT2D eigenvalue weighted by Crippen LogP contribution is 2.18. The van der Waals surface area contributed by atoms with Crippen LogP contribution in [0, 0.1) is 0 Å². The maximum atomic E-state index is 12.0. The van der Waals surface area contributed by atoms with Crippen LogP contribution in [-0.4, -0.2) is 43.4 Å². The average molecular weight is 307 g/mol. The summed E-state index contributed by atoms with van der Waals surface area (Å²) >= 11 is 1.56. The molecule has 0 saturated heterocycles. The Morgan fingerprint density at radius 3 is 3.10 bits per heavy atom. The van der Waals surface area contributed by atoms with Crippen LogP contribution in [-0.2, 0) is 11.3 Å². The second-order valence-corrected chi connectivity index (χ2v) is 5.96. The molecule has 0 radical (unpaired) electrons. The van der Waals surface area contributed by atoms with Crippen molar-refractivity contribution in [2.24, 2.45) is 0 Å². The first-order chi connectivity index (χ1) is 10.2. The van der Waals surface area contributed by atoms with E-state index in [-0.39, 0.29) is 18.5 Å². The minimum absolute atomic E-state index is 0.0142. The molecule has 8 heteroatoms. The number of aromatic nitrogens is 4. The summed E-state index contributed by atoms with van der Waals surface area (Å²) in [6.07, 6.45) is 3.16. The molecule has 2 heterocycles. The Hall–Kier alpha value is -1.80. The zero-order chi connectivity index (χ0) is 14.7. The van der Waals surface area contributed by atoms with E-state index in [1.54, 1.807) is 11.3 Å². The maximum absolute atomic E-state index is 12.0. The van der Waals surface area contributed by atoms with Crippen LogP contribution >= 0.6 is 11.3 Å². The van der Waals surface area contributed by atoms with Crippen LogP contribution in [0.2, 0.25) is 0 Å². The molecule has 0 unspecified atom stereocenters. The predicted octanol–water partition coefficient (Wildman–Crippen LogP) is 0.821. The van der Waals surface area contributed by atoms with E-state index >= 15 is 0 Å². The van der Waals surface area contributed by atoms with Gasteiger partial charge in [0.25, 0.3) is 0 Å². The van der Waals surface area contributed by atoms with E-state index in [9.17, 15) is 9.90 Å². The molecule has 21 heavy (non-hydrogen) atoms. The van der Waals surface area contributed by atoms with Crippen LogP contribution in [0.25, 0.3) is 11.4 Å². The van der Waals surface area contributed by atoms with Crippen molar-refractivity contribution in [3.8, 4) is 11.4 Å². The summed E-state index contributed by atoms with van der Waals surface area (Å²) in [5.74, 6) is 0.317. The van der Waals surface area contributed by atoms with Gasteiger partial charge >= 0.3 is 0 Å². The van der Waals surface area contributed by atoms with Gasteiger partial charge < -0.3 is 10.4 Å². The molecule has 7 nitrogen and oxygen atoms in total. The Balaban J connectivity index is 1.57. The molecule has 2 N–H and O–H groups in total. The third-order valence-corrected chi connectivity index (χ3v) is 4.28. The summed E-state index contributed by atoms with van der Waals surface area (Å²) in [6, 6.07) is 1.75. The van der Waals surface area contributed by atoms with Gasteiger partial charge in [-0.1, -0.05) is 12.8 Å². The van der Waals surface area contributed by atoms with E-state index in [2.05, 4.69) is 20.7 Å². The standard InChI is InChI=1S/C13H17N5O2S/c19-11-4-2-1-3-10(11)14-12(20)7-18-16-13(15-17-18)9-5-6-21-8-9/h5-6,8,10-11,19H,1-4,7H2,(H,14,20)/t10-,11-/m0/s1. The van der Waals surface area contributed by atoms with Crippen LogP contribution in [0.5, 0.6) is 0 Å². The van der Waals surface area contributed by atoms with Gasteiger partial charge in [0.05, 0.1) is 12.1 Å². The van der Waals surface area contributed by atoms with Crippen LogP contribution in [0.4, 0.5) is 0 Å². The van der Waals surface area contributed by atoms with E-state index < -0.39 is 6.10 Å². The topological polar surface area (TPSA) is 92.9 Å². The molecule has 2 aromatic heterocycles. The summed E-state index contributed by atoms with van der Waals surface area (Å²) in [5.41, 5.74) is 0.898. The Morgan fingerprint density at radius 2 is 2.33 bits per heavy atom. The number of thiophene rings is 1. The number of aliphatic hydroxyl groups excluding tert-OH is 1. The molecule has 2 aromatic rings. The Bertz CT molecular complexity index is 597. The highest BCUT2D eigenvalue weighted by Gasteiger charge is 2.24. The number of nitrogens with zero attached hydrogens (tertiary/aromatic N) is 4. The minimum Gasteiger partial charge on any atom is -0.391 e. The molecule has 1 amide bonds. The molecule has 0 spiro atoms. The van der Waals surface area contributed by atoms with Gasteiger partial charge in [-0.25, -0.2) is 0 Å². The van der Waals surface area contributed by atoms with Crippen LogP contribution in [0.3, 0.4) is 0 Å². The first-order valence-corrected chi connectivity index (χ1v) is 7.94. The van der Waals surface area contributed by atoms with Gasteiger partial charge in [-0.2, -0.15) is 16.1 Å². The summed E-state index contributed by atoms with van der Waals surface area (Å²) in [6.45, 7) is 0.0142. The third kappa shape index (κ3) is 3.45. The van der Waals surface area contributed by atoms with Crippen molar-refractivity contribution in [1.82, 2.24) is 25.5 Å². The largest absolute Gasteiger partial charge is 0.391 e. The first kappa shape index (κ1) is 14.2. The number of nitrogens with one attached hydrogen (secondary N) is 1. The molecule has 1 aliphatic rings. The van der Waals surface area contributed by atoms with E-state index in [4.69, 9.17) is 0 Å². The van der Waals surface area contributed by atoms with Gasteiger partial charge in [0.2, 0.25) is 11.7 Å². The number of carbonyl (C=O) groups is 1. The Morgan fingerprint density at radius 1 is 1.48 bits per heavy atom. The van der Waals surface area contributed by atoms with Gasteiger partial charge in [-0.05, 0) is 29.5 Å². The van der Waals surface area contributed by atoms with Crippen LogP contribution < -0.4 is 5.32 Å². The third-order valence-electron chi connectivity index (χ3n) is 3.59. The van der Waals surface area contributed by atoms with Crippen LogP contribution in [0.1, 0.15) is 25.7 Å². The summed E-state index contributed by atoms with van der Waals surface area (Å²) < 4.78 is 0. The molecule has 3 rings (SSSR count). The number of amides is 1. The molecule has 112 valence electrons. The van der Waals surface area contributed by atoms with E-state index in [1.165, 1.54) is 4.80 Å². The molecule has 0 aliphatic heterocycles. The second-order valence-electron chi connectivity index (χ2n) is 5.18. The van der Waals surface area contributed by atoms with E-state index in [0.717, 1.165) is 31.2 Å². The fourth-order valence-corrected chi connectivity index (χ4v) is 3.11. The van der Waals surface area contributed by atoms with E-state index in [0.29, 0.717) is 5.82 Å². The lowest BCUT2D eigenvalue weighted by molar-refractivity contribution is -0.124. The highest BCUT2D eigenvalue weighted by atomic mass is 32.1. The molecule has 0 bridgehead atoms. The van der Waals surface area contributed by atoms with Crippen molar-refractivity contribution in [2.45, 2.75) is 44.4 Å². The quantitative estimate of drug-likeness (QED) is 0.872. The number of tetrazole rings is 1. The lowest BCUT2D eigenvalue weighted by Gasteiger charge is -2.28. The lowest BCUT2D eigenvalue weighted by Crippen LogP contribution is -2.46. The molecule has 1 fully saturated rings. The van der Waals surface area contributed by atoms with Crippen molar-refractivity contribution in [1.29, 1.82) is 0 Å². The zero-order valence-electron chi connectivity index (χ0n) is 11.5. The molecule has 1 aliphatic carbocycles. The van der Waals surface area contributed by atoms with Gasteiger partial charge in [-0.15, -0.1) is 10.2 Å². The van der Waals surface area contributed by atoms with Gasteiger partial charge in [0, 0.05) is 10.9 Å². The summed E-state index contributed by atoms with van der Waals surface area (Å²) in [5, 5.41) is 28.6. The smallest absolute Gasteiger partial charge is 0.243 e. The van der Waals surface area contributed by atoms with Gasteiger partial charge in [0.15, 0.2) is 0 Å². The van der Waals surface area contributed by atoms with Crippen molar-refractivity contribution >= 4 is 17.2 Å². The monoisotopic (exact) mass is 307 g/mol. The summed E-state index contributed by atoms with van der Waals surface area (Å²) in [4.78, 5) is 13.2. The van der Waals surface area contributed by atoms with Crippen molar-refractivity contribution in [2.75, 3.05) is 0 Å². The highest BCUT2D eigenvalue weighted by molar-refractivity contribution is 7.08. The number of aliphatic hydroxyl groups is 1. The molecular formula is C13H17N5O2S. The first-order valence-electron chi connectivity index (χ1n) is 7.00. The number of hydrogen-bond acceptors (Lipinski definition) is 6.